The van der Waals surface area contributed by atoms with E-state index in [0.717, 1.165) is 12.8 Å². The van der Waals surface area contributed by atoms with E-state index in [1.807, 2.05) is 6.08 Å². The second-order valence-corrected chi connectivity index (χ2v) is 9.52. The molecule has 1 heterocycles. The van der Waals surface area contributed by atoms with E-state index in [0.29, 0.717) is 22.0 Å². The van der Waals surface area contributed by atoms with Crippen molar-refractivity contribution in [3.63, 3.8) is 0 Å². The number of rotatable bonds is 17. The maximum atomic E-state index is 10.5. The molecule has 0 aliphatic heterocycles. The van der Waals surface area contributed by atoms with E-state index in [9.17, 15) is 10.2 Å². The van der Waals surface area contributed by atoms with Crippen LogP contribution >= 0.6 is 11.6 Å². The summed E-state index contributed by atoms with van der Waals surface area (Å²) in [4.78, 5) is 0. The number of hydrogen-bond acceptors (Lipinski definition) is 3. The molecular formula is C28H43ClN2O2. The highest BCUT2D eigenvalue weighted by atomic mass is 35.5. The molecule has 0 fully saturated rings. The van der Waals surface area contributed by atoms with Crippen molar-refractivity contribution in [1.29, 1.82) is 0 Å². The monoisotopic (exact) mass is 474 g/mol. The Labute approximate surface area is 205 Å². The lowest BCUT2D eigenvalue weighted by Crippen LogP contribution is -1.95. The number of aromatic hydroxyl groups is 2. The number of aromatic nitrogens is 1. The van der Waals surface area contributed by atoms with Gasteiger partial charge < -0.3 is 15.9 Å². The van der Waals surface area contributed by atoms with Crippen LogP contribution in [0.2, 0.25) is 5.02 Å². The van der Waals surface area contributed by atoms with Gasteiger partial charge in [-0.25, -0.2) is 0 Å². The van der Waals surface area contributed by atoms with Gasteiger partial charge in [0.25, 0.3) is 0 Å². The van der Waals surface area contributed by atoms with Gasteiger partial charge in [-0.2, -0.15) is 0 Å². The maximum Gasteiger partial charge on any atom is 0.206 e. The van der Waals surface area contributed by atoms with Crippen molar-refractivity contribution in [1.82, 2.24) is 4.57 Å². The molecule has 0 aliphatic carbocycles. The Bertz CT molecular complexity index is 845. The summed E-state index contributed by atoms with van der Waals surface area (Å²) in [6.45, 7) is 2.27. The number of benzene rings is 1. The molecule has 33 heavy (non-hydrogen) atoms. The number of nitrogen functional groups attached to an aromatic ring is 1. The third-order valence-electron chi connectivity index (χ3n) is 6.24. The van der Waals surface area contributed by atoms with Gasteiger partial charge >= 0.3 is 0 Å². The van der Waals surface area contributed by atoms with E-state index in [-0.39, 0.29) is 11.8 Å². The minimum absolute atomic E-state index is 0.00793. The number of allylic oxidation sites excluding steroid dienone is 1. The minimum Gasteiger partial charge on any atom is -0.494 e. The Kier molecular flexibility index (Phi) is 12.9. The van der Waals surface area contributed by atoms with Gasteiger partial charge in [-0.1, -0.05) is 114 Å². The first-order valence-corrected chi connectivity index (χ1v) is 13.3. The molecule has 4 nitrogen and oxygen atoms in total. The molecule has 184 valence electrons. The fourth-order valence-corrected chi connectivity index (χ4v) is 4.34. The van der Waals surface area contributed by atoms with Gasteiger partial charge in [-0.3, -0.25) is 4.57 Å². The van der Waals surface area contributed by atoms with Crippen LogP contribution in [0.15, 0.2) is 30.3 Å². The maximum absolute atomic E-state index is 10.5. The quantitative estimate of drug-likeness (QED) is 0.158. The lowest BCUT2D eigenvalue weighted by atomic mass is 10.0. The molecule has 4 N–H and O–H groups in total. The molecule has 0 saturated carbocycles. The molecule has 2 aromatic rings. The van der Waals surface area contributed by atoms with Gasteiger partial charge in [0.15, 0.2) is 5.88 Å². The SMILES string of the molecule is CCCCCCCCCCCCCCCCC=Cc1cc(O)n(-c2ccc(Cl)c(N)c2)c1O. The summed E-state index contributed by atoms with van der Waals surface area (Å²) in [6.07, 6.45) is 23.9. The normalized spacial score (nSPS) is 11.6. The van der Waals surface area contributed by atoms with E-state index < -0.39 is 0 Å². The molecule has 2 rings (SSSR count). The van der Waals surface area contributed by atoms with Gasteiger partial charge in [0.2, 0.25) is 5.88 Å². The first kappa shape index (κ1) is 27.2. The molecule has 1 aromatic heterocycles. The molecular weight excluding hydrogens is 432 g/mol. The average Bonchev–Trinajstić information content (AvgIpc) is 3.08. The number of nitrogens with zero attached hydrogens (tertiary/aromatic N) is 1. The van der Waals surface area contributed by atoms with E-state index in [1.165, 1.54) is 88.0 Å². The second-order valence-electron chi connectivity index (χ2n) is 9.11. The highest BCUT2D eigenvalue weighted by Gasteiger charge is 2.14. The molecule has 0 amide bonds. The third kappa shape index (κ3) is 9.75. The Morgan fingerprint density at radius 2 is 1.36 bits per heavy atom. The molecule has 0 unspecified atom stereocenters. The van der Waals surface area contributed by atoms with Crippen molar-refractivity contribution < 1.29 is 10.2 Å². The summed E-state index contributed by atoms with van der Waals surface area (Å²) in [5, 5.41) is 21.2. The summed E-state index contributed by atoms with van der Waals surface area (Å²) in [5.74, 6) is -0.0446. The lowest BCUT2D eigenvalue weighted by Gasteiger charge is -2.08. The Balaban J connectivity index is 1.57. The Morgan fingerprint density at radius 1 is 0.818 bits per heavy atom. The van der Waals surface area contributed by atoms with E-state index >= 15 is 0 Å². The zero-order valence-corrected chi connectivity index (χ0v) is 21.1. The number of halogens is 1. The highest BCUT2D eigenvalue weighted by Crippen LogP contribution is 2.34. The summed E-state index contributed by atoms with van der Waals surface area (Å²) in [5.41, 5.74) is 7.40. The molecule has 0 radical (unpaired) electrons. The van der Waals surface area contributed by atoms with Crippen molar-refractivity contribution in [2.45, 2.75) is 103 Å². The van der Waals surface area contributed by atoms with E-state index in [2.05, 4.69) is 13.0 Å². The minimum atomic E-state index is -0.0367. The predicted molar refractivity (Wildman–Crippen MR) is 142 cm³/mol. The molecule has 0 aliphatic rings. The van der Waals surface area contributed by atoms with E-state index in [1.54, 1.807) is 24.3 Å². The molecule has 0 saturated heterocycles. The van der Waals surface area contributed by atoms with Gasteiger partial charge in [0.05, 0.1) is 16.4 Å². The van der Waals surface area contributed by atoms with Crippen LogP contribution in [0.4, 0.5) is 5.69 Å². The third-order valence-corrected chi connectivity index (χ3v) is 6.59. The summed E-state index contributed by atoms with van der Waals surface area (Å²) in [6, 6.07) is 6.54. The van der Waals surface area contributed by atoms with Crippen molar-refractivity contribution >= 4 is 23.4 Å². The van der Waals surface area contributed by atoms with Gasteiger partial charge in [-0.05, 0) is 31.0 Å². The number of unbranched alkanes of at least 4 members (excludes halogenated alkanes) is 14. The number of hydrogen-bond donors (Lipinski definition) is 3. The van der Waals surface area contributed by atoms with E-state index in [4.69, 9.17) is 17.3 Å². The van der Waals surface area contributed by atoms with Crippen LogP contribution in [0, 0.1) is 0 Å². The van der Waals surface area contributed by atoms with Gasteiger partial charge in [-0.15, -0.1) is 0 Å². The smallest absolute Gasteiger partial charge is 0.206 e. The van der Waals surface area contributed by atoms with Crippen molar-refractivity contribution in [3.8, 4) is 17.4 Å². The Morgan fingerprint density at radius 3 is 1.91 bits per heavy atom. The Hall–Kier alpha value is -2.07. The summed E-state index contributed by atoms with van der Waals surface area (Å²) in [7, 11) is 0. The van der Waals surface area contributed by atoms with Crippen LogP contribution in [0.3, 0.4) is 0 Å². The zero-order chi connectivity index (χ0) is 23.9. The fourth-order valence-electron chi connectivity index (χ4n) is 4.22. The molecule has 5 heteroatoms. The van der Waals surface area contributed by atoms with Crippen LogP contribution in [0.5, 0.6) is 11.8 Å². The van der Waals surface area contributed by atoms with Crippen molar-refractivity contribution in [2.24, 2.45) is 0 Å². The lowest BCUT2D eigenvalue weighted by molar-refractivity contribution is 0.402. The number of anilines is 1. The van der Waals surface area contributed by atoms with Crippen molar-refractivity contribution in [3.05, 3.63) is 40.9 Å². The molecule has 0 atom stereocenters. The van der Waals surface area contributed by atoms with Crippen LogP contribution in [0.25, 0.3) is 11.8 Å². The predicted octanol–water partition coefficient (Wildman–Crippen LogP) is 9.01. The van der Waals surface area contributed by atoms with Crippen LogP contribution in [-0.2, 0) is 0 Å². The summed E-state index contributed by atoms with van der Waals surface area (Å²) >= 11 is 5.96. The molecule has 1 aromatic carbocycles. The molecule has 0 bridgehead atoms. The topological polar surface area (TPSA) is 71.4 Å². The molecule has 0 spiro atoms. The largest absolute Gasteiger partial charge is 0.494 e. The second kappa shape index (κ2) is 15.7. The van der Waals surface area contributed by atoms with Gasteiger partial charge in [0.1, 0.15) is 0 Å². The first-order chi connectivity index (χ1) is 16.0. The average molecular weight is 475 g/mol. The first-order valence-electron chi connectivity index (χ1n) is 12.9. The van der Waals surface area contributed by atoms with Crippen LogP contribution in [-0.4, -0.2) is 14.8 Å². The fraction of sp³-hybridized carbons (Fsp3) is 0.571. The number of nitrogens with two attached hydrogens (primary N) is 1. The van der Waals surface area contributed by atoms with Gasteiger partial charge in [0, 0.05) is 11.6 Å². The highest BCUT2D eigenvalue weighted by molar-refractivity contribution is 6.33. The van der Waals surface area contributed by atoms with Crippen LogP contribution in [0.1, 0.15) is 109 Å². The summed E-state index contributed by atoms with van der Waals surface area (Å²) < 4.78 is 1.36. The zero-order valence-electron chi connectivity index (χ0n) is 20.4. The van der Waals surface area contributed by atoms with Crippen LogP contribution < -0.4 is 5.73 Å². The standard InChI is InChI=1S/C28H43ClN2O2/c1-2-3-4-5-6-7-8-9-10-11-12-13-14-15-16-17-18-23-21-27(32)31(28(23)33)24-19-20-25(29)26(30)22-24/h17-22,32-33H,2-16,30H2,1H3. The van der Waals surface area contributed by atoms with Crippen molar-refractivity contribution in [2.75, 3.05) is 5.73 Å².